The van der Waals surface area contributed by atoms with Crippen LogP contribution in [0.1, 0.15) is 6.42 Å². The van der Waals surface area contributed by atoms with Gasteiger partial charge in [-0.25, -0.2) is 4.98 Å². The van der Waals surface area contributed by atoms with E-state index in [4.69, 9.17) is 9.72 Å². The zero-order valence-corrected chi connectivity index (χ0v) is 14.5. The van der Waals surface area contributed by atoms with Gasteiger partial charge in [0.15, 0.2) is 5.13 Å². The molecule has 1 atom stereocenters. The number of aromatic nitrogens is 1. The van der Waals surface area contributed by atoms with E-state index in [2.05, 4.69) is 17.4 Å². The number of hydrogen-bond acceptors (Lipinski definition) is 4. The molecule has 5 heteroatoms. The number of amides is 1. The molecule has 2 heterocycles. The van der Waals surface area contributed by atoms with Crippen molar-refractivity contribution in [2.24, 2.45) is 5.92 Å². The Labute approximate surface area is 150 Å². The molecule has 1 aromatic heterocycles. The first-order valence-corrected chi connectivity index (χ1v) is 9.13. The zero-order chi connectivity index (χ0) is 17.1. The first kappa shape index (κ1) is 16.0. The molecule has 3 aromatic rings. The van der Waals surface area contributed by atoms with E-state index < -0.39 is 0 Å². The van der Waals surface area contributed by atoms with Gasteiger partial charge in [0.1, 0.15) is 0 Å². The van der Waals surface area contributed by atoms with Crippen LogP contribution in [-0.2, 0) is 9.53 Å². The van der Waals surface area contributed by atoms with Gasteiger partial charge in [0.2, 0.25) is 5.91 Å². The summed E-state index contributed by atoms with van der Waals surface area (Å²) in [4.78, 5) is 18.2. The molecular formula is C20H18N2O2S. The van der Waals surface area contributed by atoms with Crippen LogP contribution < -0.4 is 5.32 Å². The minimum atomic E-state index is -0.0794. The lowest BCUT2D eigenvalue weighted by molar-refractivity contribution is -0.119. The Morgan fingerprint density at radius 2 is 1.72 bits per heavy atom. The third kappa shape index (κ3) is 3.48. The fourth-order valence-electron chi connectivity index (χ4n) is 2.90. The van der Waals surface area contributed by atoms with E-state index in [1.54, 1.807) is 0 Å². The van der Waals surface area contributed by atoms with Crippen molar-refractivity contribution in [2.45, 2.75) is 6.42 Å². The predicted molar refractivity (Wildman–Crippen MR) is 101 cm³/mol. The Morgan fingerprint density at radius 1 is 1.04 bits per heavy atom. The molecule has 25 heavy (non-hydrogen) atoms. The predicted octanol–water partition coefficient (Wildman–Crippen LogP) is 4.45. The van der Waals surface area contributed by atoms with Gasteiger partial charge in [-0.3, -0.25) is 4.79 Å². The lowest BCUT2D eigenvalue weighted by Crippen LogP contribution is -2.22. The lowest BCUT2D eigenvalue weighted by atomic mass is 10.1. The number of carbonyl (C=O) groups is 1. The van der Waals surface area contributed by atoms with Gasteiger partial charge in [0.25, 0.3) is 0 Å². The highest BCUT2D eigenvalue weighted by molar-refractivity contribution is 7.19. The first-order valence-electron chi connectivity index (χ1n) is 8.31. The van der Waals surface area contributed by atoms with Gasteiger partial charge in [-0.1, -0.05) is 72.0 Å². The number of carbonyl (C=O) groups excluding carboxylic acids is 1. The number of rotatable bonds is 4. The monoisotopic (exact) mass is 350 g/mol. The van der Waals surface area contributed by atoms with Crippen molar-refractivity contribution in [1.82, 2.24) is 4.98 Å². The molecule has 0 spiro atoms. The molecule has 1 saturated heterocycles. The van der Waals surface area contributed by atoms with Crippen LogP contribution in [0.2, 0.25) is 0 Å². The van der Waals surface area contributed by atoms with Crippen molar-refractivity contribution in [3.8, 4) is 21.7 Å². The number of nitrogens with one attached hydrogen (secondary N) is 1. The Kier molecular flexibility index (Phi) is 4.59. The maximum absolute atomic E-state index is 12.4. The molecule has 1 amide bonds. The molecule has 2 aromatic carbocycles. The molecular weight excluding hydrogens is 332 g/mol. The van der Waals surface area contributed by atoms with E-state index in [1.807, 2.05) is 48.5 Å². The zero-order valence-electron chi connectivity index (χ0n) is 13.6. The number of anilines is 1. The number of benzene rings is 2. The van der Waals surface area contributed by atoms with Crippen LogP contribution in [0.15, 0.2) is 60.7 Å². The third-order valence-corrected chi connectivity index (χ3v) is 5.26. The molecule has 1 aliphatic heterocycles. The van der Waals surface area contributed by atoms with Gasteiger partial charge in [0.05, 0.1) is 23.1 Å². The third-order valence-electron chi connectivity index (χ3n) is 4.24. The summed E-state index contributed by atoms with van der Waals surface area (Å²) in [6.45, 7) is 1.15. The van der Waals surface area contributed by atoms with E-state index in [-0.39, 0.29) is 11.8 Å². The van der Waals surface area contributed by atoms with E-state index in [9.17, 15) is 4.79 Å². The quantitative estimate of drug-likeness (QED) is 0.756. The van der Waals surface area contributed by atoms with Crippen molar-refractivity contribution in [2.75, 3.05) is 18.5 Å². The maximum atomic E-state index is 12.4. The Hall–Kier alpha value is -2.50. The summed E-state index contributed by atoms with van der Waals surface area (Å²) in [5.41, 5.74) is 3.04. The second-order valence-electron chi connectivity index (χ2n) is 5.98. The average Bonchev–Trinajstić information content (AvgIpc) is 3.33. The Balaban J connectivity index is 1.69. The minimum Gasteiger partial charge on any atom is -0.381 e. The fraction of sp³-hybridized carbons (Fsp3) is 0.200. The van der Waals surface area contributed by atoms with E-state index >= 15 is 0 Å². The lowest BCUT2D eigenvalue weighted by Gasteiger charge is -2.05. The Bertz CT molecular complexity index is 799. The van der Waals surface area contributed by atoms with E-state index in [1.165, 1.54) is 11.3 Å². The summed E-state index contributed by atoms with van der Waals surface area (Å²) in [6.07, 6.45) is 0.772. The molecule has 0 bridgehead atoms. The first-order chi connectivity index (χ1) is 12.3. The van der Waals surface area contributed by atoms with Gasteiger partial charge >= 0.3 is 0 Å². The number of ether oxygens (including phenoxy) is 1. The highest BCUT2D eigenvalue weighted by Gasteiger charge is 2.25. The minimum absolute atomic E-state index is 0.00882. The molecule has 1 N–H and O–H groups in total. The highest BCUT2D eigenvalue weighted by Crippen LogP contribution is 2.39. The van der Waals surface area contributed by atoms with Crippen molar-refractivity contribution in [3.05, 3.63) is 60.7 Å². The van der Waals surface area contributed by atoms with Crippen LogP contribution in [0.4, 0.5) is 5.13 Å². The summed E-state index contributed by atoms with van der Waals surface area (Å²) in [7, 11) is 0. The molecule has 4 rings (SSSR count). The normalized spacial score (nSPS) is 16.7. The van der Waals surface area contributed by atoms with E-state index in [0.29, 0.717) is 18.3 Å². The van der Waals surface area contributed by atoms with Crippen LogP contribution in [0, 0.1) is 5.92 Å². The van der Waals surface area contributed by atoms with Gasteiger partial charge in [0, 0.05) is 12.2 Å². The molecule has 1 fully saturated rings. The fourth-order valence-corrected chi connectivity index (χ4v) is 3.90. The van der Waals surface area contributed by atoms with Crippen LogP contribution in [0.25, 0.3) is 21.7 Å². The number of hydrogen-bond donors (Lipinski definition) is 1. The molecule has 1 unspecified atom stereocenters. The summed E-state index contributed by atoms with van der Waals surface area (Å²) < 4.78 is 5.31. The second kappa shape index (κ2) is 7.17. The van der Waals surface area contributed by atoms with Crippen LogP contribution in [-0.4, -0.2) is 24.1 Å². The Morgan fingerprint density at radius 3 is 2.36 bits per heavy atom. The molecule has 0 aliphatic carbocycles. The number of thiazole rings is 1. The smallest absolute Gasteiger partial charge is 0.231 e. The van der Waals surface area contributed by atoms with Gasteiger partial charge in [-0.15, -0.1) is 0 Å². The van der Waals surface area contributed by atoms with E-state index in [0.717, 1.165) is 28.1 Å². The maximum Gasteiger partial charge on any atom is 0.231 e. The summed E-state index contributed by atoms with van der Waals surface area (Å²) in [5, 5.41) is 3.61. The summed E-state index contributed by atoms with van der Waals surface area (Å²) in [6, 6.07) is 20.2. The second-order valence-corrected chi connectivity index (χ2v) is 6.98. The average molecular weight is 350 g/mol. The van der Waals surface area contributed by atoms with Crippen molar-refractivity contribution < 1.29 is 9.53 Å². The van der Waals surface area contributed by atoms with Crippen LogP contribution >= 0.6 is 11.3 Å². The molecule has 0 radical (unpaired) electrons. The summed E-state index contributed by atoms with van der Waals surface area (Å²) in [5.74, 6) is -0.0882. The topological polar surface area (TPSA) is 51.2 Å². The molecule has 1 aliphatic rings. The van der Waals surface area contributed by atoms with Crippen molar-refractivity contribution >= 4 is 22.4 Å². The SMILES string of the molecule is O=C(Nc1nc(-c2ccccc2)c(-c2ccccc2)s1)C1CCOC1. The van der Waals surface area contributed by atoms with Crippen LogP contribution in [0.5, 0.6) is 0 Å². The van der Waals surface area contributed by atoms with Gasteiger partial charge in [-0.05, 0) is 12.0 Å². The molecule has 126 valence electrons. The van der Waals surface area contributed by atoms with Gasteiger partial charge < -0.3 is 10.1 Å². The number of nitrogens with zero attached hydrogens (tertiary/aromatic N) is 1. The molecule has 0 saturated carbocycles. The van der Waals surface area contributed by atoms with Crippen molar-refractivity contribution in [1.29, 1.82) is 0 Å². The molecule has 4 nitrogen and oxygen atoms in total. The van der Waals surface area contributed by atoms with Crippen molar-refractivity contribution in [3.63, 3.8) is 0 Å². The standard InChI is InChI=1S/C20H18N2O2S/c23-19(16-11-12-24-13-16)22-20-21-17(14-7-3-1-4-8-14)18(25-20)15-9-5-2-6-10-15/h1-10,16H,11-13H2,(H,21,22,23). The van der Waals surface area contributed by atoms with Crippen LogP contribution in [0.3, 0.4) is 0 Å². The highest BCUT2D eigenvalue weighted by atomic mass is 32.1. The summed E-state index contributed by atoms with van der Waals surface area (Å²) >= 11 is 1.51. The van der Waals surface area contributed by atoms with Gasteiger partial charge in [-0.2, -0.15) is 0 Å². The largest absolute Gasteiger partial charge is 0.381 e.